The summed E-state index contributed by atoms with van der Waals surface area (Å²) < 4.78 is 39.5. The zero-order valence-electron chi connectivity index (χ0n) is 11.6. The first kappa shape index (κ1) is 14.9. The number of carbonyl (C=O) groups is 1. The highest BCUT2D eigenvalue weighted by Crippen LogP contribution is 2.43. The van der Waals surface area contributed by atoms with Crippen LogP contribution in [0.3, 0.4) is 0 Å². The first-order chi connectivity index (χ1) is 10.5. The van der Waals surface area contributed by atoms with Crippen LogP contribution in [0.5, 0.6) is 0 Å². The number of thioether (sulfide) groups is 1. The fraction of sp³-hybridized carbons (Fsp3) is 0.118. The van der Waals surface area contributed by atoms with E-state index in [2.05, 4.69) is 0 Å². The van der Waals surface area contributed by atoms with Crippen molar-refractivity contribution >= 4 is 23.6 Å². The third kappa shape index (κ3) is 2.46. The van der Waals surface area contributed by atoms with Gasteiger partial charge in [-0.2, -0.15) is 0 Å². The molecule has 5 heteroatoms. The average molecular weight is 320 g/mol. The second-order valence-electron chi connectivity index (χ2n) is 4.89. The van der Waals surface area contributed by atoms with Crippen molar-refractivity contribution in [1.29, 1.82) is 0 Å². The van der Waals surface area contributed by atoms with Gasteiger partial charge in [-0.05, 0) is 41.8 Å². The number of Topliss-reactive ketones (excluding diaryl/α,β-unsaturated/α-hetero) is 1. The lowest BCUT2D eigenvalue weighted by Gasteiger charge is -2.02. The highest BCUT2D eigenvalue weighted by atomic mass is 32.2. The zero-order valence-corrected chi connectivity index (χ0v) is 12.4. The van der Waals surface area contributed by atoms with Crippen molar-refractivity contribution in [3.63, 3.8) is 0 Å². The molecular formula is C17H11F3OS. The maximum atomic E-state index is 13.3. The molecule has 0 radical (unpaired) electrons. The molecule has 112 valence electrons. The predicted octanol–water partition coefficient (Wildman–Crippen LogP) is 5.00. The molecule has 1 aliphatic heterocycles. The Morgan fingerprint density at radius 1 is 1.14 bits per heavy atom. The van der Waals surface area contributed by atoms with Gasteiger partial charge in [-0.15, -0.1) is 0 Å². The summed E-state index contributed by atoms with van der Waals surface area (Å²) in [5, 5.41) is 0. The lowest BCUT2D eigenvalue weighted by atomic mass is 10.0. The Hall–Kier alpha value is -2.01. The van der Waals surface area contributed by atoms with Crippen molar-refractivity contribution in [2.45, 2.75) is 18.2 Å². The highest BCUT2D eigenvalue weighted by molar-refractivity contribution is 8.05. The minimum Gasteiger partial charge on any atom is -0.288 e. The molecule has 0 spiro atoms. The minimum atomic E-state index is -1.51. The van der Waals surface area contributed by atoms with E-state index in [1.165, 1.54) is 17.8 Å². The van der Waals surface area contributed by atoms with E-state index < -0.39 is 17.5 Å². The first-order valence-electron chi connectivity index (χ1n) is 6.72. The van der Waals surface area contributed by atoms with Crippen LogP contribution < -0.4 is 0 Å². The van der Waals surface area contributed by atoms with Gasteiger partial charge in [-0.25, -0.2) is 13.2 Å². The Morgan fingerprint density at radius 2 is 1.82 bits per heavy atom. The molecule has 3 rings (SSSR count). The molecule has 0 saturated heterocycles. The normalized spacial score (nSPS) is 15.5. The third-order valence-electron chi connectivity index (χ3n) is 3.46. The van der Waals surface area contributed by atoms with Crippen LogP contribution in [-0.2, 0) is 6.42 Å². The van der Waals surface area contributed by atoms with Crippen LogP contribution in [0, 0.1) is 17.5 Å². The Bertz CT molecular complexity index is 789. The molecule has 0 atom stereocenters. The number of hydrogen-bond donors (Lipinski definition) is 0. The Labute approximate surface area is 129 Å². The number of halogens is 3. The molecule has 1 heterocycles. The molecule has 0 bridgehead atoms. The van der Waals surface area contributed by atoms with Crippen molar-refractivity contribution in [3.8, 4) is 0 Å². The summed E-state index contributed by atoms with van der Waals surface area (Å²) >= 11 is 1.28. The van der Waals surface area contributed by atoms with E-state index in [4.69, 9.17) is 0 Å². The summed E-state index contributed by atoms with van der Waals surface area (Å²) in [5.74, 6) is -4.23. The van der Waals surface area contributed by atoms with Crippen molar-refractivity contribution in [1.82, 2.24) is 0 Å². The van der Waals surface area contributed by atoms with Gasteiger partial charge in [0.05, 0.1) is 4.91 Å². The minimum absolute atomic E-state index is 0.123. The summed E-state index contributed by atoms with van der Waals surface area (Å²) in [6.45, 7) is 1.99. The summed E-state index contributed by atoms with van der Waals surface area (Å²) in [5.41, 5.74) is 1.77. The van der Waals surface area contributed by atoms with Crippen LogP contribution in [0.1, 0.15) is 28.4 Å². The van der Waals surface area contributed by atoms with Crippen molar-refractivity contribution in [2.75, 3.05) is 0 Å². The van der Waals surface area contributed by atoms with Crippen molar-refractivity contribution in [3.05, 3.63) is 69.4 Å². The Kier molecular flexibility index (Phi) is 3.83. The highest BCUT2D eigenvalue weighted by Gasteiger charge is 2.27. The standard InChI is InChI=1S/C17H11F3OS/c1-2-10-4-3-5-11-16(21)14(22-17(10)11)8-9-6-12(18)15(20)13(19)7-9/h3-8H,2H2,1H3/b14-8-. The van der Waals surface area contributed by atoms with Gasteiger partial charge < -0.3 is 0 Å². The number of rotatable bonds is 2. The van der Waals surface area contributed by atoms with E-state index >= 15 is 0 Å². The monoisotopic (exact) mass is 320 g/mol. The Morgan fingerprint density at radius 3 is 2.45 bits per heavy atom. The fourth-order valence-electron chi connectivity index (χ4n) is 2.36. The fourth-order valence-corrected chi connectivity index (χ4v) is 3.59. The third-order valence-corrected chi connectivity index (χ3v) is 4.67. The van der Waals surface area contributed by atoms with Crippen LogP contribution in [0.4, 0.5) is 13.2 Å². The van der Waals surface area contributed by atoms with Gasteiger partial charge in [0.15, 0.2) is 17.5 Å². The van der Waals surface area contributed by atoms with Gasteiger partial charge in [0.2, 0.25) is 5.78 Å². The van der Waals surface area contributed by atoms with Crippen LogP contribution >= 0.6 is 11.8 Å². The van der Waals surface area contributed by atoms with Crippen molar-refractivity contribution in [2.24, 2.45) is 0 Å². The molecule has 1 aliphatic rings. The number of aryl methyl sites for hydroxylation is 1. The number of hydrogen-bond acceptors (Lipinski definition) is 2. The number of carbonyl (C=O) groups excluding carboxylic acids is 1. The largest absolute Gasteiger partial charge is 0.288 e. The van der Waals surface area contributed by atoms with E-state index in [-0.39, 0.29) is 11.3 Å². The summed E-state index contributed by atoms with van der Waals surface area (Å²) in [6, 6.07) is 7.25. The van der Waals surface area contributed by atoms with Crippen LogP contribution in [0.2, 0.25) is 0 Å². The summed E-state index contributed by atoms with van der Waals surface area (Å²) in [6.07, 6.45) is 2.18. The molecular weight excluding hydrogens is 309 g/mol. The quantitative estimate of drug-likeness (QED) is 0.572. The molecule has 0 unspecified atom stereocenters. The summed E-state index contributed by atoms with van der Waals surface area (Å²) in [7, 11) is 0. The number of benzene rings is 2. The zero-order chi connectivity index (χ0) is 15.9. The van der Waals surface area contributed by atoms with Crippen LogP contribution in [-0.4, -0.2) is 5.78 Å². The SMILES string of the molecule is CCc1cccc2c1S/C(=C\c1cc(F)c(F)c(F)c1)C2=O. The molecule has 0 fully saturated rings. The smallest absolute Gasteiger partial charge is 0.200 e. The van der Waals surface area contributed by atoms with E-state index in [0.717, 1.165) is 29.0 Å². The van der Waals surface area contributed by atoms with Gasteiger partial charge in [-0.1, -0.05) is 30.8 Å². The van der Waals surface area contributed by atoms with E-state index in [9.17, 15) is 18.0 Å². The molecule has 0 aliphatic carbocycles. The number of fused-ring (bicyclic) bond motifs is 1. The van der Waals surface area contributed by atoms with Crippen molar-refractivity contribution < 1.29 is 18.0 Å². The van der Waals surface area contributed by atoms with Gasteiger partial charge in [0.25, 0.3) is 0 Å². The maximum absolute atomic E-state index is 13.3. The lowest BCUT2D eigenvalue weighted by molar-refractivity contribution is 0.104. The van der Waals surface area contributed by atoms with Crippen LogP contribution in [0.25, 0.3) is 6.08 Å². The molecule has 22 heavy (non-hydrogen) atoms. The van der Waals surface area contributed by atoms with Gasteiger partial charge >= 0.3 is 0 Å². The average Bonchev–Trinajstić information content (AvgIpc) is 2.81. The molecule has 2 aromatic rings. The molecule has 0 aromatic heterocycles. The maximum Gasteiger partial charge on any atom is 0.200 e. The second kappa shape index (κ2) is 5.65. The van der Waals surface area contributed by atoms with E-state index in [0.29, 0.717) is 10.5 Å². The summed E-state index contributed by atoms with van der Waals surface area (Å²) in [4.78, 5) is 13.6. The van der Waals surface area contributed by atoms with Gasteiger partial charge in [0, 0.05) is 10.5 Å². The second-order valence-corrected chi connectivity index (χ2v) is 5.94. The lowest BCUT2D eigenvalue weighted by Crippen LogP contribution is -1.96. The van der Waals surface area contributed by atoms with Crippen LogP contribution in [0.15, 0.2) is 40.1 Å². The van der Waals surface area contributed by atoms with Gasteiger partial charge in [-0.3, -0.25) is 4.79 Å². The predicted molar refractivity (Wildman–Crippen MR) is 80.3 cm³/mol. The number of ketones is 1. The molecule has 0 N–H and O–H groups in total. The topological polar surface area (TPSA) is 17.1 Å². The Balaban J connectivity index is 2.03. The molecule has 0 amide bonds. The molecule has 0 saturated carbocycles. The number of allylic oxidation sites excluding steroid dienone is 1. The molecule has 1 nitrogen and oxygen atoms in total. The van der Waals surface area contributed by atoms with E-state index in [1.807, 2.05) is 19.1 Å². The van der Waals surface area contributed by atoms with E-state index in [1.54, 1.807) is 6.07 Å². The molecule has 2 aromatic carbocycles. The first-order valence-corrected chi connectivity index (χ1v) is 7.53. The van der Waals surface area contributed by atoms with Gasteiger partial charge in [0.1, 0.15) is 0 Å².